The van der Waals surface area contributed by atoms with Gasteiger partial charge in [0, 0.05) is 25.5 Å². The van der Waals surface area contributed by atoms with Crippen LogP contribution in [0.3, 0.4) is 0 Å². The number of pyridine rings is 1. The standard InChI is InChI=1S/C14H24N2O/c1-3-4-5-6-7-10-17-12-14-11-13(15-2)8-9-16-14/h8-9,11H,3-7,10,12H2,1-2H3,(H,15,16). The molecule has 1 aromatic rings. The average Bonchev–Trinajstić information content (AvgIpc) is 2.38. The molecule has 0 spiro atoms. The van der Waals surface area contributed by atoms with E-state index in [4.69, 9.17) is 4.74 Å². The zero-order valence-electron chi connectivity index (χ0n) is 11.0. The molecule has 0 radical (unpaired) electrons. The van der Waals surface area contributed by atoms with Crippen LogP contribution in [0, 0.1) is 0 Å². The number of hydrogen-bond donors (Lipinski definition) is 1. The van der Waals surface area contributed by atoms with E-state index in [2.05, 4.69) is 17.2 Å². The highest BCUT2D eigenvalue weighted by atomic mass is 16.5. The van der Waals surface area contributed by atoms with E-state index in [1.165, 1.54) is 25.7 Å². The third-order valence-corrected chi connectivity index (χ3v) is 2.75. The second-order valence-corrected chi connectivity index (χ2v) is 4.25. The Morgan fingerprint density at radius 1 is 1.24 bits per heavy atom. The van der Waals surface area contributed by atoms with Crippen molar-refractivity contribution in [2.45, 2.75) is 45.6 Å². The lowest BCUT2D eigenvalue weighted by Crippen LogP contribution is -1.99. The van der Waals surface area contributed by atoms with Crippen molar-refractivity contribution in [3.05, 3.63) is 24.0 Å². The summed E-state index contributed by atoms with van der Waals surface area (Å²) in [5, 5.41) is 3.10. The largest absolute Gasteiger partial charge is 0.388 e. The Bertz CT molecular complexity index is 302. The molecule has 1 aromatic heterocycles. The normalized spacial score (nSPS) is 10.5. The van der Waals surface area contributed by atoms with Gasteiger partial charge in [-0.05, 0) is 18.6 Å². The average molecular weight is 236 g/mol. The molecule has 3 nitrogen and oxygen atoms in total. The predicted octanol–water partition coefficient (Wildman–Crippen LogP) is 3.61. The maximum absolute atomic E-state index is 5.61. The summed E-state index contributed by atoms with van der Waals surface area (Å²) in [6.45, 7) is 3.69. The second-order valence-electron chi connectivity index (χ2n) is 4.25. The van der Waals surface area contributed by atoms with Gasteiger partial charge in [-0.15, -0.1) is 0 Å². The Hall–Kier alpha value is -1.09. The van der Waals surface area contributed by atoms with Crippen molar-refractivity contribution in [2.75, 3.05) is 19.0 Å². The molecule has 0 saturated carbocycles. The fourth-order valence-electron chi connectivity index (χ4n) is 1.70. The van der Waals surface area contributed by atoms with Gasteiger partial charge in [0.05, 0.1) is 12.3 Å². The highest BCUT2D eigenvalue weighted by molar-refractivity contribution is 5.42. The first-order valence-electron chi connectivity index (χ1n) is 6.57. The molecule has 0 unspecified atom stereocenters. The Balaban J connectivity index is 2.09. The molecule has 96 valence electrons. The van der Waals surface area contributed by atoms with E-state index in [1.54, 1.807) is 0 Å². The Morgan fingerprint density at radius 3 is 2.82 bits per heavy atom. The zero-order chi connectivity index (χ0) is 12.3. The van der Waals surface area contributed by atoms with Crippen molar-refractivity contribution in [1.82, 2.24) is 4.98 Å². The van der Waals surface area contributed by atoms with Gasteiger partial charge < -0.3 is 10.1 Å². The maximum atomic E-state index is 5.61. The molecule has 0 fully saturated rings. The first-order valence-corrected chi connectivity index (χ1v) is 6.57. The van der Waals surface area contributed by atoms with Gasteiger partial charge in [0.15, 0.2) is 0 Å². The summed E-state index contributed by atoms with van der Waals surface area (Å²) in [6, 6.07) is 3.98. The van der Waals surface area contributed by atoms with Crippen LogP contribution in [0.2, 0.25) is 0 Å². The summed E-state index contributed by atoms with van der Waals surface area (Å²) in [5.41, 5.74) is 2.08. The van der Waals surface area contributed by atoms with E-state index in [0.29, 0.717) is 6.61 Å². The van der Waals surface area contributed by atoms with Gasteiger partial charge >= 0.3 is 0 Å². The SMILES string of the molecule is CCCCCCCOCc1cc(NC)ccn1. The highest BCUT2D eigenvalue weighted by Gasteiger charge is 1.96. The van der Waals surface area contributed by atoms with Crippen molar-refractivity contribution < 1.29 is 4.74 Å². The van der Waals surface area contributed by atoms with Crippen LogP contribution in [0.15, 0.2) is 18.3 Å². The molecule has 0 aliphatic carbocycles. The van der Waals surface area contributed by atoms with Crippen molar-refractivity contribution in [3.63, 3.8) is 0 Å². The monoisotopic (exact) mass is 236 g/mol. The van der Waals surface area contributed by atoms with Crippen LogP contribution in [0.1, 0.15) is 44.7 Å². The predicted molar refractivity (Wildman–Crippen MR) is 72.2 cm³/mol. The molecule has 1 rings (SSSR count). The van der Waals surface area contributed by atoms with Crippen molar-refractivity contribution in [1.29, 1.82) is 0 Å². The minimum atomic E-state index is 0.614. The minimum absolute atomic E-state index is 0.614. The van der Waals surface area contributed by atoms with Gasteiger partial charge in [-0.3, -0.25) is 4.98 Å². The molecule has 1 heterocycles. The number of nitrogens with zero attached hydrogens (tertiary/aromatic N) is 1. The smallest absolute Gasteiger partial charge is 0.0888 e. The van der Waals surface area contributed by atoms with Crippen LogP contribution >= 0.6 is 0 Å². The van der Waals surface area contributed by atoms with E-state index in [0.717, 1.165) is 24.4 Å². The highest BCUT2D eigenvalue weighted by Crippen LogP contribution is 2.08. The molecule has 3 heteroatoms. The number of anilines is 1. The Kier molecular flexibility index (Phi) is 7.39. The third-order valence-electron chi connectivity index (χ3n) is 2.75. The molecule has 0 aliphatic heterocycles. The molecular weight excluding hydrogens is 212 g/mol. The first kappa shape index (κ1) is 14.0. The fraction of sp³-hybridized carbons (Fsp3) is 0.643. The molecule has 0 aromatic carbocycles. The van der Waals surface area contributed by atoms with Crippen molar-refractivity contribution in [3.8, 4) is 0 Å². The maximum Gasteiger partial charge on any atom is 0.0888 e. The lowest BCUT2D eigenvalue weighted by atomic mass is 10.2. The minimum Gasteiger partial charge on any atom is -0.388 e. The van der Waals surface area contributed by atoms with E-state index in [1.807, 2.05) is 25.4 Å². The second kappa shape index (κ2) is 8.99. The van der Waals surface area contributed by atoms with Gasteiger partial charge in [-0.1, -0.05) is 32.6 Å². The van der Waals surface area contributed by atoms with Gasteiger partial charge in [-0.2, -0.15) is 0 Å². The summed E-state index contributed by atoms with van der Waals surface area (Å²) >= 11 is 0. The third kappa shape index (κ3) is 6.27. The molecule has 1 N–H and O–H groups in total. The van der Waals surface area contributed by atoms with Gasteiger partial charge in [0.2, 0.25) is 0 Å². The lowest BCUT2D eigenvalue weighted by Gasteiger charge is -2.05. The van der Waals surface area contributed by atoms with Crippen LogP contribution in [-0.2, 0) is 11.3 Å². The van der Waals surface area contributed by atoms with Gasteiger partial charge in [-0.25, -0.2) is 0 Å². The van der Waals surface area contributed by atoms with Crippen LogP contribution < -0.4 is 5.32 Å². The number of ether oxygens (including phenoxy) is 1. The molecule has 17 heavy (non-hydrogen) atoms. The van der Waals surface area contributed by atoms with Crippen molar-refractivity contribution >= 4 is 5.69 Å². The quantitative estimate of drug-likeness (QED) is 0.665. The lowest BCUT2D eigenvalue weighted by molar-refractivity contribution is 0.114. The first-order chi connectivity index (χ1) is 8.36. The summed E-state index contributed by atoms with van der Waals surface area (Å²) in [5.74, 6) is 0. The summed E-state index contributed by atoms with van der Waals surface area (Å²) in [7, 11) is 1.91. The zero-order valence-corrected chi connectivity index (χ0v) is 11.0. The fourth-order valence-corrected chi connectivity index (χ4v) is 1.70. The van der Waals surface area contributed by atoms with E-state index < -0.39 is 0 Å². The van der Waals surface area contributed by atoms with E-state index >= 15 is 0 Å². The number of hydrogen-bond acceptors (Lipinski definition) is 3. The summed E-state index contributed by atoms with van der Waals surface area (Å²) in [6.07, 6.45) is 8.20. The molecule has 0 saturated heterocycles. The molecule has 0 atom stereocenters. The molecule has 0 bridgehead atoms. The topological polar surface area (TPSA) is 34.1 Å². The van der Waals surface area contributed by atoms with E-state index in [9.17, 15) is 0 Å². The van der Waals surface area contributed by atoms with E-state index in [-0.39, 0.29) is 0 Å². The van der Waals surface area contributed by atoms with Crippen LogP contribution in [-0.4, -0.2) is 18.6 Å². The Labute approximate surface area is 105 Å². The molecule has 0 amide bonds. The number of aromatic nitrogens is 1. The summed E-state index contributed by atoms with van der Waals surface area (Å²) < 4.78 is 5.61. The Morgan fingerprint density at radius 2 is 2.06 bits per heavy atom. The van der Waals surface area contributed by atoms with Crippen LogP contribution in [0.25, 0.3) is 0 Å². The van der Waals surface area contributed by atoms with Crippen LogP contribution in [0.4, 0.5) is 5.69 Å². The van der Waals surface area contributed by atoms with Gasteiger partial charge in [0.25, 0.3) is 0 Å². The van der Waals surface area contributed by atoms with Crippen molar-refractivity contribution in [2.24, 2.45) is 0 Å². The molecular formula is C14H24N2O. The number of nitrogens with one attached hydrogen (secondary N) is 1. The van der Waals surface area contributed by atoms with Crippen LogP contribution in [0.5, 0.6) is 0 Å². The van der Waals surface area contributed by atoms with Gasteiger partial charge in [0.1, 0.15) is 0 Å². The number of unbranched alkanes of at least 4 members (excludes halogenated alkanes) is 4. The number of rotatable bonds is 9. The summed E-state index contributed by atoms with van der Waals surface area (Å²) in [4.78, 5) is 4.27. The molecule has 0 aliphatic rings.